The van der Waals surface area contributed by atoms with Gasteiger partial charge in [0.2, 0.25) is 5.91 Å². The van der Waals surface area contributed by atoms with E-state index in [0.717, 1.165) is 5.56 Å². The monoisotopic (exact) mass is 631 g/mol. The van der Waals surface area contributed by atoms with E-state index in [2.05, 4.69) is 6.58 Å². The first kappa shape index (κ1) is 32.4. The molecule has 2 aliphatic rings. The van der Waals surface area contributed by atoms with Crippen LogP contribution in [0.3, 0.4) is 0 Å². The van der Waals surface area contributed by atoms with Gasteiger partial charge < -0.3 is 29.2 Å². The third-order valence-corrected chi connectivity index (χ3v) is 11.5. The van der Waals surface area contributed by atoms with Gasteiger partial charge in [-0.2, -0.15) is 0 Å². The number of hydrogen-bond acceptors (Lipinski definition) is 7. The zero-order chi connectivity index (χ0) is 32.5. The lowest BCUT2D eigenvalue weighted by atomic mass is 9.82. The standard InChI is InChI=1S/C34H41N3O7Si/c1-6-16-37-27-15-14-25(36-17-10-13-28(43-3)32(36)40)20-26(27)34(33(37)41)23(2)31(45(4,5)42)29(44-34)21-30(39)35(18-19-38)22-24-11-8-7-9-12-24/h6-15,17,20,23,29,31,38,42H,1,16,18-19,21-22H2,2-5H3/t23-,29+,31-,34+/m0/s1. The van der Waals surface area contributed by atoms with Crippen molar-refractivity contribution in [1.29, 1.82) is 0 Å². The highest BCUT2D eigenvalue weighted by molar-refractivity contribution is 6.71. The number of amides is 2. The van der Waals surface area contributed by atoms with Gasteiger partial charge in [-0.1, -0.05) is 43.3 Å². The molecule has 0 aliphatic carbocycles. The zero-order valence-corrected chi connectivity index (χ0v) is 27.2. The lowest BCUT2D eigenvalue weighted by Gasteiger charge is -2.32. The van der Waals surface area contributed by atoms with Gasteiger partial charge in [-0.15, -0.1) is 6.58 Å². The van der Waals surface area contributed by atoms with Crippen LogP contribution in [-0.4, -0.2) is 72.4 Å². The van der Waals surface area contributed by atoms with Crippen molar-refractivity contribution in [3.63, 3.8) is 0 Å². The van der Waals surface area contributed by atoms with Gasteiger partial charge in [0.25, 0.3) is 11.5 Å². The molecule has 5 rings (SSSR count). The summed E-state index contributed by atoms with van der Waals surface area (Å²) in [4.78, 5) is 56.2. The smallest absolute Gasteiger partial charge is 0.297 e. The van der Waals surface area contributed by atoms with Gasteiger partial charge in [0, 0.05) is 48.5 Å². The lowest BCUT2D eigenvalue weighted by Crippen LogP contribution is -2.46. The second-order valence-corrected chi connectivity index (χ2v) is 16.2. The number of aromatic nitrogens is 1. The molecule has 3 heterocycles. The summed E-state index contributed by atoms with van der Waals surface area (Å²) >= 11 is 0. The maximum Gasteiger partial charge on any atom is 0.297 e. The second-order valence-electron chi connectivity index (χ2n) is 12.2. The summed E-state index contributed by atoms with van der Waals surface area (Å²) in [6, 6.07) is 18.2. The number of nitrogens with zero attached hydrogens (tertiary/aromatic N) is 3. The molecule has 3 aromatic rings. The van der Waals surface area contributed by atoms with Crippen molar-refractivity contribution in [2.45, 2.75) is 50.2 Å². The Balaban J connectivity index is 1.58. The Bertz CT molecular complexity index is 1640. The van der Waals surface area contributed by atoms with Gasteiger partial charge in [-0.3, -0.25) is 19.0 Å². The third-order valence-electron chi connectivity index (χ3n) is 9.00. The summed E-state index contributed by atoms with van der Waals surface area (Å²) in [6.07, 6.45) is 2.44. The van der Waals surface area contributed by atoms with E-state index < -0.39 is 31.5 Å². The SMILES string of the molecule is C=CCN1C(=O)[C@]2(O[C@H](CC(=O)N(CCO)Cc3ccccc3)[C@@H]([Si](C)(C)O)[C@@H]2C)c2cc(-n3cccc(OC)c3=O)ccc21. The molecular formula is C34H41N3O7Si. The van der Waals surface area contributed by atoms with Gasteiger partial charge in [0.05, 0.1) is 31.9 Å². The molecule has 45 heavy (non-hydrogen) atoms. The van der Waals surface area contributed by atoms with Crippen molar-refractivity contribution in [3.8, 4) is 11.4 Å². The van der Waals surface area contributed by atoms with Crippen LogP contribution in [0.25, 0.3) is 5.69 Å². The third kappa shape index (κ3) is 5.76. The van der Waals surface area contributed by atoms with E-state index in [1.807, 2.05) is 37.3 Å². The number of hydrogen-bond donors (Lipinski definition) is 2. The summed E-state index contributed by atoms with van der Waals surface area (Å²) in [5, 5.41) is 9.76. The number of anilines is 1. The molecule has 2 aliphatic heterocycles. The Hall–Kier alpha value is -4.03. The molecule has 10 nitrogen and oxygen atoms in total. The molecule has 1 fully saturated rings. The first-order valence-electron chi connectivity index (χ1n) is 15.1. The van der Waals surface area contributed by atoms with E-state index in [1.165, 1.54) is 11.7 Å². The highest BCUT2D eigenvalue weighted by Crippen LogP contribution is 2.59. The van der Waals surface area contributed by atoms with Crippen LogP contribution in [0.1, 0.15) is 24.5 Å². The molecule has 1 aromatic heterocycles. The summed E-state index contributed by atoms with van der Waals surface area (Å²) in [7, 11) is -1.60. The van der Waals surface area contributed by atoms with Crippen molar-refractivity contribution in [2.24, 2.45) is 5.92 Å². The Morgan fingerprint density at radius 1 is 1.16 bits per heavy atom. The summed E-state index contributed by atoms with van der Waals surface area (Å²) in [5.74, 6) is -0.858. The van der Waals surface area contributed by atoms with Crippen LogP contribution >= 0.6 is 0 Å². The second kappa shape index (κ2) is 12.8. The predicted molar refractivity (Wildman–Crippen MR) is 174 cm³/mol. The van der Waals surface area contributed by atoms with Crippen LogP contribution in [0.2, 0.25) is 18.6 Å². The fourth-order valence-corrected chi connectivity index (χ4v) is 9.63. The van der Waals surface area contributed by atoms with Crippen molar-refractivity contribution < 1.29 is 29.0 Å². The average molecular weight is 632 g/mol. The largest absolute Gasteiger partial charge is 0.491 e. The Morgan fingerprint density at radius 3 is 2.53 bits per heavy atom. The van der Waals surface area contributed by atoms with E-state index in [-0.39, 0.29) is 49.2 Å². The van der Waals surface area contributed by atoms with Crippen molar-refractivity contribution in [2.75, 3.05) is 31.7 Å². The number of fused-ring (bicyclic) bond motifs is 2. The summed E-state index contributed by atoms with van der Waals surface area (Å²) in [6.45, 7) is 9.83. The first-order valence-corrected chi connectivity index (χ1v) is 18.2. The van der Waals surface area contributed by atoms with Gasteiger partial charge in [0.1, 0.15) is 0 Å². The van der Waals surface area contributed by atoms with E-state index in [0.29, 0.717) is 23.5 Å². The molecule has 11 heteroatoms. The average Bonchev–Trinajstić information content (AvgIpc) is 3.43. The van der Waals surface area contributed by atoms with E-state index in [9.17, 15) is 24.3 Å². The van der Waals surface area contributed by atoms with Crippen LogP contribution in [0.5, 0.6) is 5.75 Å². The molecule has 2 amide bonds. The minimum Gasteiger partial charge on any atom is -0.491 e. The number of aliphatic hydroxyl groups is 1. The number of methoxy groups -OCH3 is 1. The molecule has 1 saturated heterocycles. The number of ether oxygens (including phenoxy) is 2. The molecular weight excluding hydrogens is 590 g/mol. The highest BCUT2D eigenvalue weighted by Gasteiger charge is 2.66. The van der Waals surface area contributed by atoms with Gasteiger partial charge in [0.15, 0.2) is 19.7 Å². The molecule has 0 unspecified atom stereocenters. The molecule has 0 radical (unpaired) electrons. The topological polar surface area (TPSA) is 122 Å². The van der Waals surface area contributed by atoms with Crippen molar-refractivity contribution in [1.82, 2.24) is 9.47 Å². The zero-order valence-electron chi connectivity index (χ0n) is 26.2. The minimum atomic E-state index is -3.04. The fourth-order valence-electron chi connectivity index (χ4n) is 7.08. The molecule has 0 bridgehead atoms. The normalized spacial score (nSPS) is 22.5. The molecule has 2 aromatic carbocycles. The number of benzene rings is 2. The van der Waals surface area contributed by atoms with Crippen LogP contribution in [-0.2, 0) is 26.5 Å². The number of rotatable bonds is 11. The van der Waals surface area contributed by atoms with Crippen molar-refractivity contribution >= 4 is 25.8 Å². The maximum absolute atomic E-state index is 14.5. The van der Waals surface area contributed by atoms with Crippen molar-refractivity contribution in [3.05, 3.63) is 101 Å². The highest BCUT2D eigenvalue weighted by atomic mass is 28.4. The Labute approximate surface area is 264 Å². The molecule has 0 saturated carbocycles. The predicted octanol–water partition coefficient (Wildman–Crippen LogP) is 3.59. The first-order chi connectivity index (χ1) is 21.5. The van der Waals surface area contributed by atoms with Crippen LogP contribution in [0.15, 0.2) is 84.3 Å². The Kier molecular flexibility index (Phi) is 9.18. The van der Waals surface area contributed by atoms with Gasteiger partial charge >= 0.3 is 0 Å². The summed E-state index contributed by atoms with van der Waals surface area (Å²) < 4.78 is 13.5. The maximum atomic E-state index is 14.5. The van der Waals surface area contributed by atoms with Gasteiger partial charge in [-0.25, -0.2) is 0 Å². The lowest BCUT2D eigenvalue weighted by molar-refractivity contribution is -0.149. The number of pyridine rings is 1. The van der Waals surface area contributed by atoms with Crippen LogP contribution in [0, 0.1) is 5.92 Å². The molecule has 4 atom stereocenters. The molecule has 2 N–H and O–H groups in total. The molecule has 1 spiro atoms. The van der Waals surface area contributed by atoms with E-state index >= 15 is 0 Å². The van der Waals surface area contributed by atoms with Crippen LogP contribution in [0.4, 0.5) is 5.69 Å². The Morgan fingerprint density at radius 2 is 1.89 bits per heavy atom. The van der Waals surface area contributed by atoms with Gasteiger partial charge in [-0.05, 0) is 49.0 Å². The van der Waals surface area contributed by atoms with E-state index in [1.54, 1.807) is 65.5 Å². The summed E-state index contributed by atoms with van der Waals surface area (Å²) in [5.41, 5.74) is 0.317. The number of carbonyl (C=O) groups is 2. The number of carbonyl (C=O) groups excluding carboxylic acids is 2. The fraction of sp³-hybridized carbons (Fsp3) is 0.382. The van der Waals surface area contributed by atoms with E-state index in [4.69, 9.17) is 9.47 Å². The quantitative estimate of drug-likeness (QED) is 0.245. The molecule has 238 valence electrons. The number of aliphatic hydroxyl groups excluding tert-OH is 1. The van der Waals surface area contributed by atoms with Crippen LogP contribution < -0.4 is 15.2 Å². The minimum absolute atomic E-state index is 0.0698.